The number of hydrogen-bond donors (Lipinski definition) is 1. The van der Waals surface area contributed by atoms with Gasteiger partial charge in [0.2, 0.25) is 0 Å². The van der Waals surface area contributed by atoms with E-state index in [1.54, 1.807) is 6.20 Å². The van der Waals surface area contributed by atoms with Crippen LogP contribution in [0.15, 0.2) is 18.5 Å². The summed E-state index contributed by atoms with van der Waals surface area (Å²) in [5.41, 5.74) is 2.46. The number of fused-ring (bicyclic) bond motifs is 1. The van der Waals surface area contributed by atoms with Crippen molar-refractivity contribution in [2.24, 2.45) is 0 Å². The van der Waals surface area contributed by atoms with E-state index in [0.717, 1.165) is 6.42 Å². The Kier molecular flexibility index (Phi) is 1.43. The van der Waals surface area contributed by atoms with Gasteiger partial charge in [-0.1, -0.05) is 6.92 Å². The monoisotopic (exact) mass is 149 g/mol. The fourth-order valence-electron chi connectivity index (χ4n) is 1.66. The van der Waals surface area contributed by atoms with Crippen molar-refractivity contribution in [2.45, 2.75) is 25.4 Å². The lowest BCUT2D eigenvalue weighted by atomic mass is 10.0. The SMILES string of the molecule is C[C@@H]1c2ccncc2C[C@H]1O. The van der Waals surface area contributed by atoms with Gasteiger partial charge in [-0.2, -0.15) is 0 Å². The van der Waals surface area contributed by atoms with Gasteiger partial charge in [0.25, 0.3) is 0 Å². The Morgan fingerprint density at radius 1 is 1.64 bits per heavy atom. The van der Waals surface area contributed by atoms with Crippen LogP contribution >= 0.6 is 0 Å². The van der Waals surface area contributed by atoms with Gasteiger partial charge in [-0.15, -0.1) is 0 Å². The summed E-state index contributed by atoms with van der Waals surface area (Å²) in [6.07, 6.45) is 4.20. The van der Waals surface area contributed by atoms with Crippen LogP contribution in [0.4, 0.5) is 0 Å². The highest BCUT2D eigenvalue weighted by atomic mass is 16.3. The largest absolute Gasteiger partial charge is 0.392 e. The van der Waals surface area contributed by atoms with Gasteiger partial charge in [0.15, 0.2) is 0 Å². The fraction of sp³-hybridized carbons (Fsp3) is 0.444. The first-order valence-corrected chi connectivity index (χ1v) is 3.90. The Labute approximate surface area is 65.9 Å². The van der Waals surface area contributed by atoms with Crippen LogP contribution in [-0.4, -0.2) is 16.2 Å². The Bertz CT molecular complexity index is 272. The molecule has 0 aromatic carbocycles. The molecule has 58 valence electrons. The third-order valence-electron chi connectivity index (χ3n) is 2.44. The summed E-state index contributed by atoms with van der Waals surface area (Å²) >= 11 is 0. The van der Waals surface area contributed by atoms with Gasteiger partial charge in [0.05, 0.1) is 6.10 Å². The molecule has 1 N–H and O–H groups in total. The summed E-state index contributed by atoms with van der Waals surface area (Å²) in [5, 5.41) is 9.49. The maximum absolute atomic E-state index is 9.49. The zero-order valence-electron chi connectivity index (χ0n) is 6.49. The van der Waals surface area contributed by atoms with Crippen LogP contribution in [0.1, 0.15) is 24.0 Å². The summed E-state index contributed by atoms with van der Waals surface area (Å²) in [7, 11) is 0. The molecule has 0 saturated heterocycles. The molecule has 1 aromatic rings. The number of pyridine rings is 1. The Morgan fingerprint density at radius 3 is 3.18 bits per heavy atom. The molecule has 0 unspecified atom stereocenters. The van der Waals surface area contributed by atoms with Gasteiger partial charge in [0.1, 0.15) is 0 Å². The highest BCUT2D eigenvalue weighted by molar-refractivity contribution is 5.33. The zero-order valence-corrected chi connectivity index (χ0v) is 6.49. The summed E-state index contributed by atoms with van der Waals surface area (Å²) in [5.74, 6) is 0.285. The van der Waals surface area contributed by atoms with Crippen LogP contribution < -0.4 is 0 Å². The van der Waals surface area contributed by atoms with E-state index >= 15 is 0 Å². The van der Waals surface area contributed by atoms with Crippen molar-refractivity contribution in [3.05, 3.63) is 29.6 Å². The number of aliphatic hydroxyl groups excluding tert-OH is 1. The molecular formula is C9H11NO. The van der Waals surface area contributed by atoms with E-state index in [1.807, 2.05) is 12.3 Å². The number of hydrogen-bond acceptors (Lipinski definition) is 2. The maximum Gasteiger partial charge on any atom is 0.0647 e. The topological polar surface area (TPSA) is 33.1 Å². The second-order valence-corrected chi connectivity index (χ2v) is 3.13. The summed E-state index contributed by atoms with van der Waals surface area (Å²) in [6, 6.07) is 2.00. The number of aromatic nitrogens is 1. The fourth-order valence-corrected chi connectivity index (χ4v) is 1.66. The van der Waals surface area contributed by atoms with Crippen molar-refractivity contribution in [1.82, 2.24) is 4.98 Å². The third-order valence-corrected chi connectivity index (χ3v) is 2.44. The van der Waals surface area contributed by atoms with E-state index in [9.17, 15) is 5.11 Å². The molecule has 2 heteroatoms. The first-order chi connectivity index (χ1) is 5.29. The second kappa shape index (κ2) is 2.31. The standard InChI is InChI=1S/C9H11NO/c1-6-8-2-3-10-5-7(8)4-9(6)11/h2-3,5-6,9,11H,4H2,1H3/t6-,9-/m1/s1. The molecule has 1 heterocycles. The smallest absolute Gasteiger partial charge is 0.0647 e. The van der Waals surface area contributed by atoms with Gasteiger partial charge >= 0.3 is 0 Å². The van der Waals surface area contributed by atoms with E-state index in [-0.39, 0.29) is 12.0 Å². The quantitative estimate of drug-likeness (QED) is 0.599. The Morgan fingerprint density at radius 2 is 2.45 bits per heavy atom. The van der Waals surface area contributed by atoms with Crippen molar-refractivity contribution < 1.29 is 5.11 Å². The number of aliphatic hydroxyl groups is 1. The normalized spacial score (nSPS) is 28.5. The van der Waals surface area contributed by atoms with Gasteiger partial charge in [0, 0.05) is 24.7 Å². The molecule has 1 aromatic heterocycles. The van der Waals surface area contributed by atoms with Crippen LogP contribution in [-0.2, 0) is 6.42 Å². The molecule has 11 heavy (non-hydrogen) atoms. The minimum atomic E-state index is -0.200. The zero-order chi connectivity index (χ0) is 7.84. The van der Waals surface area contributed by atoms with Crippen molar-refractivity contribution in [3.8, 4) is 0 Å². The lowest BCUT2D eigenvalue weighted by Gasteiger charge is -2.07. The van der Waals surface area contributed by atoms with E-state index in [0.29, 0.717) is 0 Å². The van der Waals surface area contributed by atoms with Crippen molar-refractivity contribution >= 4 is 0 Å². The average molecular weight is 149 g/mol. The molecular weight excluding hydrogens is 138 g/mol. The van der Waals surface area contributed by atoms with Crippen LogP contribution in [0.3, 0.4) is 0 Å². The molecule has 2 rings (SSSR count). The van der Waals surface area contributed by atoms with Gasteiger partial charge in [-0.05, 0) is 17.2 Å². The summed E-state index contributed by atoms with van der Waals surface area (Å²) < 4.78 is 0. The minimum absolute atomic E-state index is 0.200. The first kappa shape index (κ1) is 6.80. The molecule has 1 aliphatic carbocycles. The van der Waals surface area contributed by atoms with Crippen LogP contribution in [0.25, 0.3) is 0 Å². The third kappa shape index (κ3) is 0.942. The summed E-state index contributed by atoms with van der Waals surface area (Å²) in [4.78, 5) is 4.01. The van der Waals surface area contributed by atoms with E-state index in [1.165, 1.54) is 11.1 Å². The van der Waals surface area contributed by atoms with Crippen LogP contribution in [0.5, 0.6) is 0 Å². The molecule has 2 atom stereocenters. The van der Waals surface area contributed by atoms with Gasteiger partial charge in [-0.25, -0.2) is 0 Å². The van der Waals surface area contributed by atoms with E-state index in [2.05, 4.69) is 11.9 Å². The molecule has 0 spiro atoms. The van der Waals surface area contributed by atoms with Gasteiger partial charge < -0.3 is 5.11 Å². The minimum Gasteiger partial charge on any atom is -0.392 e. The van der Waals surface area contributed by atoms with Crippen molar-refractivity contribution in [3.63, 3.8) is 0 Å². The van der Waals surface area contributed by atoms with Crippen molar-refractivity contribution in [2.75, 3.05) is 0 Å². The highest BCUT2D eigenvalue weighted by Gasteiger charge is 2.26. The molecule has 0 saturated carbocycles. The lowest BCUT2D eigenvalue weighted by Crippen LogP contribution is -2.09. The summed E-state index contributed by atoms with van der Waals surface area (Å²) in [6.45, 7) is 2.05. The molecule has 0 bridgehead atoms. The predicted molar refractivity (Wildman–Crippen MR) is 42.4 cm³/mol. The molecule has 1 aliphatic rings. The van der Waals surface area contributed by atoms with E-state index in [4.69, 9.17) is 0 Å². The lowest BCUT2D eigenvalue weighted by molar-refractivity contribution is 0.163. The van der Waals surface area contributed by atoms with Crippen LogP contribution in [0, 0.1) is 0 Å². The first-order valence-electron chi connectivity index (χ1n) is 3.90. The van der Waals surface area contributed by atoms with Crippen molar-refractivity contribution in [1.29, 1.82) is 0 Å². The highest BCUT2D eigenvalue weighted by Crippen LogP contribution is 2.31. The Hall–Kier alpha value is -0.890. The molecule has 0 radical (unpaired) electrons. The predicted octanol–water partition coefficient (Wildman–Crippen LogP) is 1.10. The molecule has 2 nitrogen and oxygen atoms in total. The number of rotatable bonds is 0. The molecule has 0 fully saturated rings. The Balaban J connectivity index is 2.47. The average Bonchev–Trinajstić information content (AvgIpc) is 2.30. The molecule has 0 amide bonds. The van der Waals surface area contributed by atoms with Gasteiger partial charge in [-0.3, -0.25) is 4.98 Å². The van der Waals surface area contributed by atoms with E-state index < -0.39 is 0 Å². The second-order valence-electron chi connectivity index (χ2n) is 3.13. The maximum atomic E-state index is 9.49. The van der Waals surface area contributed by atoms with Crippen LogP contribution in [0.2, 0.25) is 0 Å². The number of nitrogens with zero attached hydrogens (tertiary/aromatic N) is 1. The molecule has 0 aliphatic heterocycles.